The SMILES string of the molecule is CC1=C(C)C2(C)CC(=O)CC12C. The van der Waals surface area contributed by atoms with Gasteiger partial charge in [-0.25, -0.2) is 0 Å². The van der Waals surface area contributed by atoms with Crippen molar-refractivity contribution in [2.45, 2.75) is 40.5 Å². The average molecular weight is 164 g/mol. The van der Waals surface area contributed by atoms with Crippen LogP contribution in [0, 0.1) is 10.8 Å². The van der Waals surface area contributed by atoms with Crippen LogP contribution in [0.25, 0.3) is 0 Å². The fraction of sp³-hybridized carbons (Fsp3) is 0.727. The predicted molar refractivity (Wildman–Crippen MR) is 48.8 cm³/mol. The highest BCUT2D eigenvalue weighted by Crippen LogP contribution is 2.67. The summed E-state index contributed by atoms with van der Waals surface area (Å²) in [7, 11) is 0. The van der Waals surface area contributed by atoms with Crippen molar-refractivity contribution in [2.24, 2.45) is 10.8 Å². The summed E-state index contributed by atoms with van der Waals surface area (Å²) in [5.74, 6) is 0.441. The van der Waals surface area contributed by atoms with Gasteiger partial charge in [0.25, 0.3) is 0 Å². The molecule has 1 fully saturated rings. The number of rotatable bonds is 0. The van der Waals surface area contributed by atoms with Crippen molar-refractivity contribution in [3.05, 3.63) is 11.1 Å². The Bertz CT molecular complexity index is 272. The summed E-state index contributed by atoms with van der Waals surface area (Å²) in [5.41, 5.74) is 3.31. The van der Waals surface area contributed by atoms with Gasteiger partial charge in [0, 0.05) is 23.7 Å². The fourth-order valence-corrected chi connectivity index (χ4v) is 3.10. The second kappa shape index (κ2) is 1.84. The first-order valence-electron chi connectivity index (χ1n) is 4.62. The van der Waals surface area contributed by atoms with Gasteiger partial charge in [-0.3, -0.25) is 4.79 Å². The lowest BCUT2D eigenvalue weighted by atomic mass is 9.50. The standard InChI is InChI=1S/C11H16O/c1-7-8(2)11(4)6-9(12)5-10(7,11)3/h5-6H2,1-4H3. The van der Waals surface area contributed by atoms with E-state index in [9.17, 15) is 4.79 Å². The van der Waals surface area contributed by atoms with E-state index >= 15 is 0 Å². The van der Waals surface area contributed by atoms with Gasteiger partial charge in [0.1, 0.15) is 5.78 Å². The van der Waals surface area contributed by atoms with E-state index in [-0.39, 0.29) is 10.8 Å². The minimum Gasteiger partial charge on any atom is -0.300 e. The minimum atomic E-state index is 0.203. The molecule has 66 valence electrons. The van der Waals surface area contributed by atoms with Crippen molar-refractivity contribution in [1.82, 2.24) is 0 Å². The molecule has 0 aromatic carbocycles. The number of allylic oxidation sites excluding steroid dienone is 2. The Morgan fingerprint density at radius 1 is 1.00 bits per heavy atom. The van der Waals surface area contributed by atoms with Crippen LogP contribution in [0.2, 0.25) is 0 Å². The van der Waals surface area contributed by atoms with Crippen LogP contribution in [0.3, 0.4) is 0 Å². The molecule has 12 heavy (non-hydrogen) atoms. The molecular formula is C11H16O. The molecule has 1 heteroatoms. The lowest BCUT2D eigenvalue weighted by Gasteiger charge is -2.53. The van der Waals surface area contributed by atoms with Crippen LogP contribution in [0.4, 0.5) is 0 Å². The second-order valence-corrected chi connectivity index (χ2v) is 4.81. The molecule has 0 bridgehead atoms. The lowest BCUT2D eigenvalue weighted by Crippen LogP contribution is -2.44. The number of Topliss-reactive ketones (excluding diaryl/α,β-unsaturated/α-hetero) is 1. The first-order chi connectivity index (χ1) is 5.42. The van der Waals surface area contributed by atoms with E-state index < -0.39 is 0 Å². The van der Waals surface area contributed by atoms with E-state index in [0.717, 1.165) is 12.8 Å². The maximum Gasteiger partial charge on any atom is 0.134 e. The molecule has 1 saturated carbocycles. The third kappa shape index (κ3) is 0.562. The summed E-state index contributed by atoms with van der Waals surface area (Å²) in [6.07, 6.45) is 1.54. The molecule has 2 unspecified atom stereocenters. The van der Waals surface area contributed by atoms with E-state index in [0.29, 0.717) is 5.78 Å². The molecule has 0 N–H and O–H groups in total. The number of hydrogen-bond acceptors (Lipinski definition) is 1. The highest BCUT2D eigenvalue weighted by Gasteiger charge is 2.60. The number of carbonyl (C=O) groups is 1. The van der Waals surface area contributed by atoms with E-state index in [4.69, 9.17) is 0 Å². The number of hydrogen-bond donors (Lipinski definition) is 0. The molecule has 2 aliphatic carbocycles. The van der Waals surface area contributed by atoms with Gasteiger partial charge in [0.05, 0.1) is 0 Å². The predicted octanol–water partition coefficient (Wildman–Crippen LogP) is 2.71. The Labute approximate surface area is 73.8 Å². The molecule has 0 aliphatic heterocycles. The Hall–Kier alpha value is -0.590. The molecule has 0 saturated heterocycles. The van der Waals surface area contributed by atoms with E-state index in [2.05, 4.69) is 27.7 Å². The molecule has 0 aromatic heterocycles. The highest BCUT2D eigenvalue weighted by atomic mass is 16.1. The Morgan fingerprint density at radius 3 is 1.67 bits per heavy atom. The Kier molecular flexibility index (Phi) is 1.23. The van der Waals surface area contributed by atoms with Gasteiger partial charge in [-0.05, 0) is 13.8 Å². The summed E-state index contributed by atoms with van der Waals surface area (Å²) in [6.45, 7) is 8.83. The molecule has 2 rings (SSSR count). The number of ketones is 1. The fourth-order valence-electron chi connectivity index (χ4n) is 3.10. The smallest absolute Gasteiger partial charge is 0.134 e. The summed E-state index contributed by atoms with van der Waals surface area (Å²) in [6, 6.07) is 0. The summed E-state index contributed by atoms with van der Waals surface area (Å²) < 4.78 is 0. The molecule has 0 aromatic rings. The van der Waals surface area contributed by atoms with Crippen molar-refractivity contribution in [3.63, 3.8) is 0 Å². The second-order valence-electron chi connectivity index (χ2n) is 4.81. The van der Waals surface area contributed by atoms with Crippen molar-refractivity contribution in [3.8, 4) is 0 Å². The van der Waals surface area contributed by atoms with E-state index in [1.807, 2.05) is 0 Å². The summed E-state index contributed by atoms with van der Waals surface area (Å²) in [4.78, 5) is 11.4. The van der Waals surface area contributed by atoms with Crippen molar-refractivity contribution >= 4 is 5.78 Å². The van der Waals surface area contributed by atoms with Gasteiger partial charge >= 0.3 is 0 Å². The molecule has 2 aliphatic rings. The van der Waals surface area contributed by atoms with Gasteiger partial charge in [0.2, 0.25) is 0 Å². The molecule has 0 spiro atoms. The molecule has 0 heterocycles. The topological polar surface area (TPSA) is 17.1 Å². The maximum atomic E-state index is 11.4. The zero-order chi connectivity index (χ0) is 9.15. The van der Waals surface area contributed by atoms with Gasteiger partial charge in [-0.15, -0.1) is 0 Å². The van der Waals surface area contributed by atoms with Crippen molar-refractivity contribution in [1.29, 1.82) is 0 Å². The Balaban J connectivity index is 2.51. The van der Waals surface area contributed by atoms with Crippen molar-refractivity contribution in [2.75, 3.05) is 0 Å². The molecule has 0 radical (unpaired) electrons. The van der Waals surface area contributed by atoms with Crippen LogP contribution in [-0.4, -0.2) is 5.78 Å². The number of carbonyl (C=O) groups excluding carboxylic acids is 1. The molecular weight excluding hydrogens is 148 g/mol. The van der Waals surface area contributed by atoms with Crippen molar-refractivity contribution < 1.29 is 4.79 Å². The molecule has 2 atom stereocenters. The molecule has 0 amide bonds. The summed E-state index contributed by atoms with van der Waals surface area (Å²) >= 11 is 0. The van der Waals surface area contributed by atoms with Gasteiger partial charge in [-0.2, -0.15) is 0 Å². The third-order valence-corrected chi connectivity index (χ3v) is 4.54. The van der Waals surface area contributed by atoms with Gasteiger partial charge in [-0.1, -0.05) is 25.0 Å². The van der Waals surface area contributed by atoms with Crippen LogP contribution in [0.5, 0.6) is 0 Å². The van der Waals surface area contributed by atoms with E-state index in [1.54, 1.807) is 0 Å². The van der Waals surface area contributed by atoms with Crippen LogP contribution >= 0.6 is 0 Å². The zero-order valence-corrected chi connectivity index (χ0v) is 8.32. The third-order valence-electron chi connectivity index (χ3n) is 4.54. The lowest BCUT2D eigenvalue weighted by molar-refractivity contribution is -0.117. The quantitative estimate of drug-likeness (QED) is 0.503. The summed E-state index contributed by atoms with van der Waals surface area (Å²) in [5, 5.41) is 0. The first kappa shape index (κ1) is 8.03. The van der Waals surface area contributed by atoms with Crippen LogP contribution in [0.15, 0.2) is 11.1 Å². The Morgan fingerprint density at radius 2 is 1.33 bits per heavy atom. The van der Waals surface area contributed by atoms with Crippen LogP contribution in [-0.2, 0) is 4.79 Å². The monoisotopic (exact) mass is 164 g/mol. The van der Waals surface area contributed by atoms with Gasteiger partial charge in [0.15, 0.2) is 0 Å². The van der Waals surface area contributed by atoms with E-state index in [1.165, 1.54) is 11.1 Å². The highest BCUT2D eigenvalue weighted by molar-refractivity contribution is 5.86. The van der Waals surface area contributed by atoms with Crippen LogP contribution < -0.4 is 0 Å². The van der Waals surface area contributed by atoms with Gasteiger partial charge < -0.3 is 0 Å². The van der Waals surface area contributed by atoms with Crippen LogP contribution in [0.1, 0.15) is 40.5 Å². The maximum absolute atomic E-state index is 11.4. The normalized spacial score (nSPS) is 46.2. The molecule has 1 nitrogen and oxygen atoms in total. The largest absolute Gasteiger partial charge is 0.300 e. The minimum absolute atomic E-state index is 0.203. The number of fused-ring (bicyclic) bond motifs is 1. The average Bonchev–Trinajstić information content (AvgIpc) is 2.20. The zero-order valence-electron chi connectivity index (χ0n) is 8.32. The first-order valence-corrected chi connectivity index (χ1v) is 4.62.